The van der Waals surface area contributed by atoms with Crippen LogP contribution in [0.3, 0.4) is 0 Å². The molecule has 1 saturated heterocycles. The van der Waals surface area contributed by atoms with E-state index in [1.807, 2.05) is 30.3 Å². The number of alkyl halides is 2. The summed E-state index contributed by atoms with van der Waals surface area (Å²) in [5.74, 6) is -0.0875. The average molecular weight is 377 g/mol. The van der Waals surface area contributed by atoms with Gasteiger partial charge in [-0.05, 0) is 29.3 Å². The van der Waals surface area contributed by atoms with Crippen molar-refractivity contribution in [1.29, 1.82) is 0 Å². The van der Waals surface area contributed by atoms with Crippen LogP contribution in [0.1, 0.15) is 11.1 Å². The van der Waals surface area contributed by atoms with Gasteiger partial charge in [0.15, 0.2) is 0 Å². The van der Waals surface area contributed by atoms with E-state index in [1.54, 1.807) is 23.1 Å². The number of carbonyl (C=O) groups is 1. The zero-order valence-corrected chi connectivity index (χ0v) is 14.5. The van der Waals surface area contributed by atoms with Crippen molar-refractivity contribution in [2.24, 2.45) is 0 Å². The predicted octanol–water partition coefficient (Wildman–Crippen LogP) is 4.69. The van der Waals surface area contributed by atoms with Crippen LogP contribution in [-0.4, -0.2) is 21.7 Å². The van der Waals surface area contributed by atoms with Crippen molar-refractivity contribution in [3.63, 3.8) is 0 Å². The number of rotatable bonds is 5. The van der Waals surface area contributed by atoms with E-state index in [2.05, 4.69) is 4.74 Å². The van der Waals surface area contributed by atoms with Crippen molar-refractivity contribution >= 4 is 40.3 Å². The molecular weight excluding hydrogens is 364 g/mol. The number of thiocarbonyl (C=S) groups is 1. The van der Waals surface area contributed by atoms with Gasteiger partial charge in [0, 0.05) is 0 Å². The van der Waals surface area contributed by atoms with E-state index in [1.165, 1.54) is 23.9 Å². The highest BCUT2D eigenvalue weighted by Gasteiger charge is 2.31. The molecule has 3 nitrogen and oxygen atoms in total. The SMILES string of the molecule is O=C1/C(=C\c2ccc(OC(F)F)cc2)SC(=S)N1Cc1ccccc1. The van der Waals surface area contributed by atoms with Crippen LogP contribution in [0.15, 0.2) is 59.5 Å². The second-order valence-corrected chi connectivity index (χ2v) is 6.88. The molecule has 0 unspecified atom stereocenters. The summed E-state index contributed by atoms with van der Waals surface area (Å²) in [6.07, 6.45) is 1.69. The van der Waals surface area contributed by atoms with Gasteiger partial charge in [-0.15, -0.1) is 0 Å². The Labute approximate surface area is 153 Å². The van der Waals surface area contributed by atoms with Crippen molar-refractivity contribution in [1.82, 2.24) is 4.90 Å². The topological polar surface area (TPSA) is 29.5 Å². The van der Waals surface area contributed by atoms with Gasteiger partial charge >= 0.3 is 6.61 Å². The molecule has 1 aliphatic rings. The van der Waals surface area contributed by atoms with Gasteiger partial charge in [-0.1, -0.05) is 66.4 Å². The number of hydrogen-bond donors (Lipinski definition) is 0. The van der Waals surface area contributed by atoms with E-state index in [-0.39, 0.29) is 11.7 Å². The normalized spacial score (nSPS) is 16.1. The quantitative estimate of drug-likeness (QED) is 0.559. The molecule has 7 heteroatoms. The molecular formula is C18H13F2NO2S2. The summed E-state index contributed by atoms with van der Waals surface area (Å²) in [5.41, 5.74) is 1.70. The van der Waals surface area contributed by atoms with E-state index in [4.69, 9.17) is 12.2 Å². The van der Waals surface area contributed by atoms with E-state index in [9.17, 15) is 13.6 Å². The summed E-state index contributed by atoms with van der Waals surface area (Å²) in [6, 6.07) is 15.7. The monoisotopic (exact) mass is 377 g/mol. The van der Waals surface area contributed by atoms with Gasteiger partial charge in [0.1, 0.15) is 10.1 Å². The van der Waals surface area contributed by atoms with Gasteiger partial charge in [-0.2, -0.15) is 8.78 Å². The van der Waals surface area contributed by atoms with Crippen LogP contribution in [0.4, 0.5) is 8.78 Å². The molecule has 3 rings (SSSR count). The van der Waals surface area contributed by atoms with Crippen LogP contribution in [0.5, 0.6) is 5.75 Å². The first kappa shape index (κ1) is 17.6. The smallest absolute Gasteiger partial charge is 0.387 e. The van der Waals surface area contributed by atoms with Crippen molar-refractivity contribution in [3.05, 3.63) is 70.6 Å². The molecule has 0 aromatic heterocycles. The summed E-state index contributed by atoms with van der Waals surface area (Å²) in [5, 5.41) is 0. The summed E-state index contributed by atoms with van der Waals surface area (Å²) >= 11 is 6.53. The number of carbonyl (C=O) groups excluding carboxylic acids is 1. The summed E-state index contributed by atoms with van der Waals surface area (Å²) in [7, 11) is 0. The van der Waals surface area contributed by atoms with Gasteiger partial charge in [-0.3, -0.25) is 9.69 Å². The maximum Gasteiger partial charge on any atom is 0.387 e. The van der Waals surface area contributed by atoms with Crippen molar-refractivity contribution in [3.8, 4) is 5.75 Å². The van der Waals surface area contributed by atoms with Crippen LogP contribution in [0.25, 0.3) is 6.08 Å². The average Bonchev–Trinajstić information content (AvgIpc) is 2.85. The number of amides is 1. The van der Waals surface area contributed by atoms with Crippen molar-refractivity contribution < 1.29 is 18.3 Å². The largest absolute Gasteiger partial charge is 0.435 e. The second-order valence-electron chi connectivity index (χ2n) is 5.20. The Kier molecular flexibility index (Phi) is 5.45. The van der Waals surface area contributed by atoms with Crippen molar-refractivity contribution in [2.75, 3.05) is 0 Å². The van der Waals surface area contributed by atoms with E-state index in [0.29, 0.717) is 21.3 Å². The lowest BCUT2D eigenvalue weighted by Gasteiger charge is -2.14. The molecule has 0 N–H and O–H groups in total. The third kappa shape index (κ3) is 4.43. The van der Waals surface area contributed by atoms with Crippen LogP contribution in [0.2, 0.25) is 0 Å². The molecule has 0 bridgehead atoms. The number of halogens is 2. The van der Waals surface area contributed by atoms with Gasteiger partial charge in [-0.25, -0.2) is 0 Å². The molecule has 0 spiro atoms. The minimum Gasteiger partial charge on any atom is -0.435 e. The Hall–Kier alpha value is -2.25. The van der Waals surface area contributed by atoms with Gasteiger partial charge < -0.3 is 4.74 Å². The van der Waals surface area contributed by atoms with Crippen LogP contribution in [-0.2, 0) is 11.3 Å². The molecule has 0 aliphatic carbocycles. The standard InChI is InChI=1S/C18H13F2NO2S2/c19-17(20)23-14-8-6-12(7-9-14)10-15-16(22)21(18(24)25-15)11-13-4-2-1-3-5-13/h1-10,17H,11H2/b15-10+. The highest BCUT2D eigenvalue weighted by molar-refractivity contribution is 8.26. The molecule has 0 saturated carbocycles. The van der Waals surface area contributed by atoms with Gasteiger partial charge in [0.25, 0.3) is 5.91 Å². The van der Waals surface area contributed by atoms with Crippen molar-refractivity contribution in [2.45, 2.75) is 13.2 Å². The van der Waals surface area contributed by atoms with Crippen LogP contribution < -0.4 is 4.74 Å². The molecule has 2 aromatic rings. The molecule has 1 fully saturated rings. The lowest BCUT2D eigenvalue weighted by atomic mass is 10.2. The zero-order valence-electron chi connectivity index (χ0n) is 12.9. The minimum atomic E-state index is -2.86. The molecule has 0 radical (unpaired) electrons. The highest BCUT2D eigenvalue weighted by Crippen LogP contribution is 2.33. The number of thioether (sulfide) groups is 1. The second kappa shape index (κ2) is 7.76. The van der Waals surface area contributed by atoms with Gasteiger partial charge in [0.05, 0.1) is 11.4 Å². The maximum absolute atomic E-state index is 12.6. The highest BCUT2D eigenvalue weighted by atomic mass is 32.2. The number of benzene rings is 2. The molecule has 1 amide bonds. The Morgan fingerprint density at radius 2 is 1.80 bits per heavy atom. The molecule has 128 valence electrons. The molecule has 0 atom stereocenters. The minimum absolute atomic E-state index is 0.0729. The Bertz CT molecular complexity index is 808. The summed E-state index contributed by atoms with van der Waals surface area (Å²) < 4.78 is 29.1. The zero-order chi connectivity index (χ0) is 17.8. The lowest BCUT2D eigenvalue weighted by molar-refractivity contribution is -0.122. The molecule has 1 aliphatic heterocycles. The first-order valence-corrected chi connectivity index (χ1v) is 8.59. The fourth-order valence-corrected chi connectivity index (χ4v) is 3.55. The third-order valence-electron chi connectivity index (χ3n) is 3.46. The van der Waals surface area contributed by atoms with E-state index >= 15 is 0 Å². The first-order chi connectivity index (χ1) is 12.0. The Balaban J connectivity index is 1.73. The fourth-order valence-electron chi connectivity index (χ4n) is 2.30. The maximum atomic E-state index is 12.6. The number of ether oxygens (including phenoxy) is 1. The van der Waals surface area contributed by atoms with E-state index < -0.39 is 6.61 Å². The Morgan fingerprint density at radius 1 is 1.12 bits per heavy atom. The molecule has 25 heavy (non-hydrogen) atoms. The summed E-state index contributed by atoms with van der Waals surface area (Å²) in [6.45, 7) is -2.44. The van der Waals surface area contributed by atoms with Crippen LogP contribution in [0, 0.1) is 0 Å². The van der Waals surface area contributed by atoms with E-state index in [0.717, 1.165) is 5.56 Å². The lowest BCUT2D eigenvalue weighted by Crippen LogP contribution is -2.27. The molecule has 2 aromatic carbocycles. The Morgan fingerprint density at radius 3 is 2.44 bits per heavy atom. The molecule has 1 heterocycles. The van der Waals surface area contributed by atoms with Crippen LogP contribution >= 0.6 is 24.0 Å². The first-order valence-electron chi connectivity index (χ1n) is 7.37. The number of nitrogens with zero attached hydrogens (tertiary/aromatic N) is 1. The van der Waals surface area contributed by atoms with Gasteiger partial charge in [0.2, 0.25) is 0 Å². The number of hydrogen-bond acceptors (Lipinski definition) is 4. The third-order valence-corrected chi connectivity index (χ3v) is 4.84. The summed E-state index contributed by atoms with van der Waals surface area (Å²) in [4.78, 5) is 14.6. The fraction of sp³-hybridized carbons (Fsp3) is 0.111. The predicted molar refractivity (Wildman–Crippen MR) is 98.2 cm³/mol.